The summed E-state index contributed by atoms with van der Waals surface area (Å²) < 4.78 is 1.38. The minimum Gasteiger partial charge on any atom is -0.350 e. The monoisotopic (exact) mass is 316 g/mol. The van der Waals surface area contributed by atoms with E-state index in [0.29, 0.717) is 30.4 Å². The van der Waals surface area contributed by atoms with Gasteiger partial charge in [0, 0.05) is 18.5 Å². The van der Waals surface area contributed by atoms with Crippen molar-refractivity contribution >= 4 is 16.7 Å². The Balaban J connectivity index is 2.47. The Labute approximate surface area is 135 Å². The summed E-state index contributed by atoms with van der Waals surface area (Å²) in [6.45, 7) is 7.43. The zero-order chi connectivity index (χ0) is 17.0. The molecule has 0 fully saturated rings. The highest BCUT2D eigenvalue weighted by molar-refractivity contribution is 6.04. The molecule has 0 spiro atoms. The van der Waals surface area contributed by atoms with Crippen molar-refractivity contribution in [2.75, 3.05) is 13.1 Å². The van der Waals surface area contributed by atoms with Crippen LogP contribution in [0, 0.1) is 11.8 Å². The summed E-state index contributed by atoms with van der Waals surface area (Å²) in [7, 11) is 0. The fourth-order valence-corrected chi connectivity index (χ4v) is 2.31. The van der Waals surface area contributed by atoms with Crippen molar-refractivity contribution < 1.29 is 4.79 Å². The molecule has 1 amide bonds. The number of rotatable bonds is 6. The van der Waals surface area contributed by atoms with Gasteiger partial charge >= 0.3 is 0 Å². The Bertz CT molecular complexity index is 752. The molecule has 1 aromatic carbocycles. The van der Waals surface area contributed by atoms with Gasteiger partial charge in [0.05, 0.1) is 5.39 Å². The molecule has 23 heavy (non-hydrogen) atoms. The van der Waals surface area contributed by atoms with Crippen LogP contribution in [0.4, 0.5) is 0 Å². The number of aromatic nitrogens is 2. The van der Waals surface area contributed by atoms with E-state index in [1.807, 2.05) is 20.8 Å². The molecule has 1 atom stereocenters. The summed E-state index contributed by atoms with van der Waals surface area (Å²) in [5.41, 5.74) is 5.69. The Morgan fingerprint density at radius 3 is 2.52 bits per heavy atom. The van der Waals surface area contributed by atoms with Crippen LogP contribution in [-0.2, 0) is 6.54 Å². The smallest absolute Gasteiger partial charge is 0.274 e. The van der Waals surface area contributed by atoms with E-state index in [9.17, 15) is 9.59 Å². The van der Waals surface area contributed by atoms with E-state index in [1.54, 1.807) is 24.3 Å². The lowest BCUT2D eigenvalue weighted by atomic mass is 10.1. The maximum Gasteiger partial charge on any atom is 0.274 e. The molecular formula is C17H24N4O2. The molecule has 0 aliphatic heterocycles. The number of carbonyl (C=O) groups excluding carboxylic acids is 1. The van der Waals surface area contributed by atoms with Crippen LogP contribution in [0.25, 0.3) is 10.8 Å². The predicted molar refractivity (Wildman–Crippen MR) is 91.4 cm³/mol. The molecule has 1 heterocycles. The highest BCUT2D eigenvalue weighted by Gasteiger charge is 2.17. The van der Waals surface area contributed by atoms with Crippen LogP contribution < -0.4 is 16.6 Å². The quantitative estimate of drug-likeness (QED) is 0.842. The van der Waals surface area contributed by atoms with Crippen molar-refractivity contribution in [3.63, 3.8) is 0 Å². The first-order chi connectivity index (χ1) is 10.9. The lowest BCUT2D eigenvalue weighted by Crippen LogP contribution is -2.34. The SMILES string of the molecule is CC(C)Cn1nc(C(=O)NCC(C)CN)c2ccccc2c1=O. The van der Waals surface area contributed by atoms with Crippen LogP contribution in [0.2, 0.25) is 0 Å². The second-order valence-electron chi connectivity index (χ2n) is 6.33. The first kappa shape index (κ1) is 17.1. The molecule has 0 aliphatic carbocycles. The predicted octanol–water partition coefficient (Wildman–Crippen LogP) is 1.38. The van der Waals surface area contributed by atoms with Gasteiger partial charge in [0.25, 0.3) is 11.5 Å². The normalized spacial score (nSPS) is 12.6. The summed E-state index contributed by atoms with van der Waals surface area (Å²) in [5.74, 6) is 0.167. The number of amides is 1. The van der Waals surface area contributed by atoms with Gasteiger partial charge in [-0.15, -0.1) is 0 Å². The van der Waals surface area contributed by atoms with Crippen LogP contribution in [-0.4, -0.2) is 28.8 Å². The van der Waals surface area contributed by atoms with E-state index in [1.165, 1.54) is 4.68 Å². The van der Waals surface area contributed by atoms with Gasteiger partial charge in [0.2, 0.25) is 0 Å². The van der Waals surface area contributed by atoms with Gasteiger partial charge in [-0.1, -0.05) is 39.0 Å². The number of hydrogen-bond acceptors (Lipinski definition) is 4. The molecule has 1 unspecified atom stereocenters. The largest absolute Gasteiger partial charge is 0.350 e. The molecule has 3 N–H and O–H groups in total. The van der Waals surface area contributed by atoms with E-state index in [-0.39, 0.29) is 29.0 Å². The minimum atomic E-state index is -0.279. The highest BCUT2D eigenvalue weighted by atomic mass is 16.2. The Hall–Kier alpha value is -2.21. The summed E-state index contributed by atoms with van der Waals surface area (Å²) >= 11 is 0. The number of carbonyl (C=O) groups is 1. The van der Waals surface area contributed by atoms with Gasteiger partial charge in [-0.2, -0.15) is 5.10 Å². The molecule has 124 valence electrons. The first-order valence-electron chi connectivity index (χ1n) is 7.92. The number of hydrogen-bond donors (Lipinski definition) is 2. The van der Waals surface area contributed by atoms with Crippen molar-refractivity contribution in [3.8, 4) is 0 Å². The van der Waals surface area contributed by atoms with E-state index in [0.717, 1.165) is 0 Å². The first-order valence-corrected chi connectivity index (χ1v) is 7.92. The maximum absolute atomic E-state index is 12.5. The molecule has 2 rings (SSSR count). The Morgan fingerprint density at radius 2 is 1.91 bits per heavy atom. The average molecular weight is 316 g/mol. The third-order valence-electron chi connectivity index (χ3n) is 3.63. The lowest BCUT2D eigenvalue weighted by Gasteiger charge is -2.14. The minimum absolute atomic E-state index is 0.166. The van der Waals surface area contributed by atoms with Crippen molar-refractivity contribution in [2.24, 2.45) is 17.6 Å². The molecule has 2 aromatic rings. The van der Waals surface area contributed by atoms with E-state index in [4.69, 9.17) is 5.73 Å². The molecule has 0 saturated heterocycles. The zero-order valence-electron chi connectivity index (χ0n) is 13.9. The fourth-order valence-electron chi connectivity index (χ4n) is 2.31. The summed E-state index contributed by atoms with van der Waals surface area (Å²) in [4.78, 5) is 25.0. The number of nitrogens with zero attached hydrogens (tertiary/aromatic N) is 2. The Morgan fingerprint density at radius 1 is 1.26 bits per heavy atom. The molecular weight excluding hydrogens is 292 g/mol. The number of nitrogens with one attached hydrogen (secondary N) is 1. The van der Waals surface area contributed by atoms with Crippen LogP contribution in [0.5, 0.6) is 0 Å². The van der Waals surface area contributed by atoms with E-state index >= 15 is 0 Å². The van der Waals surface area contributed by atoms with E-state index in [2.05, 4.69) is 10.4 Å². The van der Waals surface area contributed by atoms with Gasteiger partial charge in [-0.25, -0.2) is 4.68 Å². The second kappa shape index (κ2) is 7.37. The zero-order valence-corrected chi connectivity index (χ0v) is 13.9. The lowest BCUT2D eigenvalue weighted by molar-refractivity contribution is 0.0942. The van der Waals surface area contributed by atoms with Gasteiger partial charge in [-0.05, 0) is 24.4 Å². The average Bonchev–Trinajstić information content (AvgIpc) is 2.54. The third-order valence-corrected chi connectivity index (χ3v) is 3.63. The van der Waals surface area contributed by atoms with Crippen LogP contribution >= 0.6 is 0 Å². The topological polar surface area (TPSA) is 90.0 Å². The fraction of sp³-hybridized carbons (Fsp3) is 0.471. The number of fused-ring (bicyclic) bond motifs is 1. The van der Waals surface area contributed by atoms with Gasteiger partial charge in [0.15, 0.2) is 5.69 Å². The number of benzene rings is 1. The van der Waals surface area contributed by atoms with Crippen molar-refractivity contribution in [1.82, 2.24) is 15.1 Å². The standard InChI is InChI=1S/C17H24N4O2/c1-11(2)10-21-17(23)14-7-5-4-6-13(14)15(20-21)16(22)19-9-12(3)8-18/h4-7,11-12H,8-10,18H2,1-3H3,(H,19,22). The molecule has 0 saturated carbocycles. The summed E-state index contributed by atoms with van der Waals surface area (Å²) in [5, 5.41) is 8.24. The summed E-state index contributed by atoms with van der Waals surface area (Å²) in [6, 6.07) is 7.08. The highest BCUT2D eigenvalue weighted by Crippen LogP contribution is 2.13. The molecule has 0 bridgehead atoms. The molecule has 1 aromatic heterocycles. The van der Waals surface area contributed by atoms with Gasteiger partial charge in [-0.3, -0.25) is 9.59 Å². The van der Waals surface area contributed by atoms with E-state index < -0.39 is 0 Å². The molecule has 6 heteroatoms. The third kappa shape index (κ3) is 3.96. The van der Waals surface area contributed by atoms with Crippen LogP contribution in [0.15, 0.2) is 29.1 Å². The van der Waals surface area contributed by atoms with Gasteiger partial charge < -0.3 is 11.1 Å². The van der Waals surface area contributed by atoms with Gasteiger partial charge in [0.1, 0.15) is 0 Å². The second-order valence-corrected chi connectivity index (χ2v) is 6.33. The molecule has 6 nitrogen and oxygen atoms in total. The van der Waals surface area contributed by atoms with Crippen molar-refractivity contribution in [1.29, 1.82) is 0 Å². The van der Waals surface area contributed by atoms with Crippen molar-refractivity contribution in [3.05, 3.63) is 40.3 Å². The van der Waals surface area contributed by atoms with Crippen LogP contribution in [0.3, 0.4) is 0 Å². The summed E-state index contributed by atoms with van der Waals surface area (Å²) in [6.07, 6.45) is 0. The Kier molecular flexibility index (Phi) is 5.50. The number of nitrogens with two attached hydrogens (primary N) is 1. The molecule has 0 aliphatic rings. The molecule has 0 radical (unpaired) electrons. The van der Waals surface area contributed by atoms with Crippen molar-refractivity contribution in [2.45, 2.75) is 27.3 Å². The van der Waals surface area contributed by atoms with Crippen LogP contribution in [0.1, 0.15) is 31.3 Å². The maximum atomic E-state index is 12.5.